The van der Waals surface area contributed by atoms with Crippen LogP contribution in [0.2, 0.25) is 0 Å². The highest BCUT2D eigenvalue weighted by Gasteiger charge is 2.43. The number of carbonyl (C=O) groups is 2. The Morgan fingerprint density at radius 1 is 1.08 bits per heavy atom. The van der Waals surface area contributed by atoms with Crippen LogP contribution in [-0.2, 0) is 20.5 Å². The summed E-state index contributed by atoms with van der Waals surface area (Å²) >= 11 is 0. The first-order valence-electron chi connectivity index (χ1n) is 12.4. The van der Waals surface area contributed by atoms with Crippen LogP contribution in [0.25, 0.3) is 10.9 Å². The summed E-state index contributed by atoms with van der Waals surface area (Å²) in [5.41, 5.74) is 1.38. The average molecular weight is 508 g/mol. The van der Waals surface area contributed by atoms with Crippen LogP contribution in [0.3, 0.4) is 0 Å². The largest absolute Gasteiger partial charge is 0.466 e. The predicted octanol–water partition coefficient (Wildman–Crippen LogP) is 5.20. The van der Waals surface area contributed by atoms with E-state index in [1.54, 1.807) is 41.4 Å². The summed E-state index contributed by atoms with van der Waals surface area (Å²) in [6.45, 7) is 7.44. The van der Waals surface area contributed by atoms with Crippen molar-refractivity contribution in [1.82, 2.24) is 9.88 Å². The minimum absolute atomic E-state index is 0.0667. The van der Waals surface area contributed by atoms with Gasteiger partial charge >= 0.3 is 5.97 Å². The number of anilines is 1. The molecule has 1 N–H and O–H groups in total. The van der Waals surface area contributed by atoms with Crippen molar-refractivity contribution < 1.29 is 18.5 Å². The van der Waals surface area contributed by atoms with Gasteiger partial charge in [-0.3, -0.25) is 14.6 Å². The highest BCUT2D eigenvalue weighted by Crippen LogP contribution is 2.39. The van der Waals surface area contributed by atoms with Gasteiger partial charge in [-0.15, -0.1) is 0 Å². The standard InChI is InChI=1S/C28H33N3O4S/c1-4-35-27(33)28(19-20(2)3)14-17-31(18-15-28)26(32)22-10-12-23(13-11-22)30-36(34)24-9-5-7-21-8-6-16-29-25(21)24/h5-13,16,20,30H,4,14-15,17-19H2,1-3H3. The Bertz CT molecular complexity index is 1250. The van der Waals surface area contributed by atoms with Crippen molar-refractivity contribution in [3.8, 4) is 0 Å². The van der Waals surface area contributed by atoms with Gasteiger partial charge < -0.3 is 14.4 Å². The Labute approximate surface area is 214 Å². The van der Waals surface area contributed by atoms with Crippen molar-refractivity contribution >= 4 is 39.5 Å². The molecule has 36 heavy (non-hydrogen) atoms. The van der Waals surface area contributed by atoms with Crippen LogP contribution in [0.1, 0.15) is 50.4 Å². The van der Waals surface area contributed by atoms with Crippen molar-refractivity contribution in [2.24, 2.45) is 11.3 Å². The molecule has 1 aromatic heterocycles. The molecule has 1 aliphatic rings. The van der Waals surface area contributed by atoms with E-state index in [0.29, 0.717) is 60.1 Å². The van der Waals surface area contributed by atoms with E-state index in [1.807, 2.05) is 31.2 Å². The molecule has 1 amide bonds. The molecule has 0 spiro atoms. The van der Waals surface area contributed by atoms with Crippen LogP contribution in [0, 0.1) is 11.3 Å². The summed E-state index contributed by atoms with van der Waals surface area (Å²) in [4.78, 5) is 32.7. The number of benzene rings is 2. The topological polar surface area (TPSA) is 88.6 Å². The van der Waals surface area contributed by atoms with Crippen molar-refractivity contribution in [2.75, 3.05) is 24.4 Å². The Kier molecular flexibility index (Phi) is 8.04. The average Bonchev–Trinajstić information content (AvgIpc) is 2.88. The zero-order valence-electron chi connectivity index (χ0n) is 21.0. The van der Waals surface area contributed by atoms with E-state index < -0.39 is 16.4 Å². The number of hydrogen-bond donors (Lipinski definition) is 1. The SMILES string of the molecule is CCOC(=O)C1(CC(C)C)CCN(C(=O)c2ccc(NS(=O)c3cccc4cccnc34)cc2)CC1. The van der Waals surface area contributed by atoms with E-state index in [1.165, 1.54) is 0 Å². The Hall–Kier alpha value is -3.26. The quantitative estimate of drug-likeness (QED) is 0.423. The molecule has 1 saturated heterocycles. The van der Waals surface area contributed by atoms with Gasteiger partial charge in [-0.1, -0.05) is 32.0 Å². The minimum Gasteiger partial charge on any atom is -0.466 e. The van der Waals surface area contributed by atoms with Crippen molar-refractivity contribution in [2.45, 2.75) is 44.9 Å². The third-order valence-electron chi connectivity index (χ3n) is 6.65. The highest BCUT2D eigenvalue weighted by atomic mass is 32.2. The number of likely N-dealkylation sites (tertiary alicyclic amines) is 1. The van der Waals surface area contributed by atoms with Gasteiger partial charge in [0.15, 0.2) is 11.0 Å². The van der Waals surface area contributed by atoms with E-state index in [0.717, 1.165) is 11.8 Å². The molecule has 7 nitrogen and oxygen atoms in total. The molecule has 190 valence electrons. The fraction of sp³-hybridized carbons (Fsp3) is 0.393. The molecule has 2 aromatic carbocycles. The first-order valence-corrected chi connectivity index (χ1v) is 13.6. The maximum absolute atomic E-state index is 13.2. The zero-order valence-corrected chi connectivity index (χ0v) is 21.8. The first-order chi connectivity index (χ1) is 17.3. The number of piperidine rings is 1. The highest BCUT2D eigenvalue weighted by molar-refractivity contribution is 7.86. The second-order valence-corrected chi connectivity index (χ2v) is 10.9. The van der Waals surface area contributed by atoms with Crippen LogP contribution in [0.15, 0.2) is 65.7 Å². The number of rotatable bonds is 8. The van der Waals surface area contributed by atoms with Crippen LogP contribution >= 0.6 is 0 Å². The number of nitrogens with one attached hydrogen (secondary N) is 1. The number of carbonyl (C=O) groups excluding carboxylic acids is 2. The minimum atomic E-state index is -1.50. The smallest absolute Gasteiger partial charge is 0.312 e. The maximum atomic E-state index is 13.2. The lowest BCUT2D eigenvalue weighted by Crippen LogP contribution is -2.47. The number of nitrogens with zero attached hydrogens (tertiary/aromatic N) is 2. The van der Waals surface area contributed by atoms with Gasteiger partial charge in [0.1, 0.15) is 0 Å². The van der Waals surface area contributed by atoms with E-state index >= 15 is 0 Å². The van der Waals surface area contributed by atoms with E-state index in [-0.39, 0.29) is 11.9 Å². The molecule has 1 unspecified atom stereocenters. The molecule has 1 aliphatic heterocycles. The van der Waals surface area contributed by atoms with E-state index in [2.05, 4.69) is 23.6 Å². The number of fused-ring (bicyclic) bond motifs is 1. The number of ether oxygens (including phenoxy) is 1. The van der Waals surface area contributed by atoms with Crippen LogP contribution in [-0.4, -0.2) is 45.7 Å². The number of hydrogen-bond acceptors (Lipinski definition) is 5. The lowest BCUT2D eigenvalue weighted by molar-refractivity contribution is -0.159. The molecule has 0 aliphatic carbocycles. The molecule has 3 aromatic rings. The second kappa shape index (κ2) is 11.2. The maximum Gasteiger partial charge on any atom is 0.312 e. The van der Waals surface area contributed by atoms with Crippen molar-refractivity contribution in [3.63, 3.8) is 0 Å². The molecular weight excluding hydrogens is 474 g/mol. The van der Waals surface area contributed by atoms with Crippen molar-refractivity contribution in [3.05, 3.63) is 66.4 Å². The molecule has 8 heteroatoms. The number of pyridine rings is 1. The lowest BCUT2D eigenvalue weighted by atomic mass is 9.72. The fourth-order valence-corrected chi connectivity index (χ4v) is 5.95. The van der Waals surface area contributed by atoms with Gasteiger partial charge in [0, 0.05) is 35.9 Å². The predicted molar refractivity (Wildman–Crippen MR) is 142 cm³/mol. The zero-order chi connectivity index (χ0) is 25.7. The summed E-state index contributed by atoms with van der Waals surface area (Å²) in [6.07, 6.45) is 3.65. The number of para-hydroxylation sites is 1. The van der Waals surface area contributed by atoms with Gasteiger partial charge in [0.25, 0.3) is 5.91 Å². The Morgan fingerprint density at radius 2 is 1.78 bits per heavy atom. The fourth-order valence-electron chi connectivity index (χ4n) is 4.95. The van der Waals surface area contributed by atoms with E-state index in [4.69, 9.17) is 4.74 Å². The van der Waals surface area contributed by atoms with Gasteiger partial charge in [0.2, 0.25) is 0 Å². The summed E-state index contributed by atoms with van der Waals surface area (Å²) in [5, 5.41) is 0.924. The number of aromatic nitrogens is 1. The lowest BCUT2D eigenvalue weighted by Gasteiger charge is -2.41. The number of esters is 1. The molecule has 1 atom stereocenters. The summed E-state index contributed by atoms with van der Waals surface area (Å²) < 4.78 is 21.4. The number of amides is 1. The molecule has 0 saturated carbocycles. The second-order valence-electron chi connectivity index (χ2n) is 9.67. The summed E-state index contributed by atoms with van der Waals surface area (Å²) in [5.74, 6) is 0.158. The van der Waals surface area contributed by atoms with Gasteiger partial charge in [-0.25, -0.2) is 4.21 Å². The van der Waals surface area contributed by atoms with E-state index in [9.17, 15) is 13.8 Å². The summed E-state index contributed by atoms with van der Waals surface area (Å²) in [6, 6.07) is 16.4. The molecule has 2 heterocycles. The molecular formula is C28H33N3O4S. The normalized spacial score (nSPS) is 16.1. The summed E-state index contributed by atoms with van der Waals surface area (Å²) in [7, 11) is -1.50. The first kappa shape index (κ1) is 25.8. The van der Waals surface area contributed by atoms with Gasteiger partial charge in [-0.2, -0.15) is 0 Å². The van der Waals surface area contributed by atoms with Crippen molar-refractivity contribution in [1.29, 1.82) is 0 Å². The third kappa shape index (κ3) is 5.59. The molecule has 0 bridgehead atoms. The Morgan fingerprint density at radius 3 is 2.44 bits per heavy atom. The van der Waals surface area contributed by atoms with Gasteiger partial charge in [0.05, 0.1) is 22.4 Å². The molecule has 0 radical (unpaired) electrons. The Balaban J connectivity index is 1.41. The van der Waals surface area contributed by atoms with Crippen LogP contribution in [0.4, 0.5) is 5.69 Å². The monoisotopic (exact) mass is 507 g/mol. The van der Waals surface area contributed by atoms with Crippen LogP contribution < -0.4 is 4.72 Å². The van der Waals surface area contributed by atoms with Crippen LogP contribution in [0.5, 0.6) is 0 Å². The third-order valence-corrected chi connectivity index (χ3v) is 7.80. The molecule has 4 rings (SSSR count). The molecule has 1 fully saturated rings. The van der Waals surface area contributed by atoms with Gasteiger partial charge in [-0.05, 0) is 68.5 Å².